The molecular formula is C16H19N3O2. The number of hydrogen-bond acceptors (Lipinski definition) is 4. The highest BCUT2D eigenvalue weighted by atomic mass is 16.5. The topological polar surface area (TPSA) is 68.5 Å². The van der Waals surface area contributed by atoms with Crippen LogP contribution in [0.25, 0.3) is 10.9 Å². The van der Waals surface area contributed by atoms with Crippen LogP contribution in [0.4, 0.5) is 5.82 Å². The number of anilines is 1. The molecule has 2 N–H and O–H groups in total. The highest BCUT2D eigenvalue weighted by Gasteiger charge is 2.31. The van der Waals surface area contributed by atoms with Gasteiger partial charge < -0.3 is 15.4 Å². The van der Waals surface area contributed by atoms with Gasteiger partial charge in [-0.25, -0.2) is 4.98 Å². The molecule has 1 saturated heterocycles. The number of fused-ring (bicyclic) bond motifs is 1. The van der Waals surface area contributed by atoms with Gasteiger partial charge in [0.15, 0.2) is 0 Å². The third kappa shape index (κ3) is 2.69. The number of benzene rings is 1. The van der Waals surface area contributed by atoms with Crippen LogP contribution in [0.2, 0.25) is 0 Å². The SMILES string of the molecule is CC1(C)CN(C(=O)c2cc(N)nc3ccccc23)CCO1. The third-order valence-corrected chi connectivity index (χ3v) is 3.68. The monoisotopic (exact) mass is 285 g/mol. The number of carbonyl (C=O) groups excluding carboxylic acids is 1. The van der Waals surface area contributed by atoms with Crippen LogP contribution in [0.5, 0.6) is 0 Å². The Morgan fingerprint density at radius 3 is 2.90 bits per heavy atom. The van der Waals surface area contributed by atoms with Crippen molar-refractivity contribution in [2.45, 2.75) is 19.4 Å². The summed E-state index contributed by atoms with van der Waals surface area (Å²) in [6, 6.07) is 9.22. The van der Waals surface area contributed by atoms with Crippen molar-refractivity contribution in [3.05, 3.63) is 35.9 Å². The van der Waals surface area contributed by atoms with Gasteiger partial charge in [0.1, 0.15) is 5.82 Å². The predicted octanol–water partition coefficient (Wildman–Crippen LogP) is 2.07. The van der Waals surface area contributed by atoms with E-state index in [2.05, 4.69) is 4.98 Å². The van der Waals surface area contributed by atoms with E-state index in [-0.39, 0.29) is 11.5 Å². The van der Waals surface area contributed by atoms with Crippen molar-refractivity contribution >= 4 is 22.6 Å². The molecule has 0 bridgehead atoms. The number of nitrogens with two attached hydrogens (primary N) is 1. The fourth-order valence-electron chi connectivity index (χ4n) is 2.73. The molecule has 1 fully saturated rings. The predicted molar refractivity (Wildman–Crippen MR) is 82.1 cm³/mol. The maximum Gasteiger partial charge on any atom is 0.254 e. The van der Waals surface area contributed by atoms with E-state index in [0.717, 1.165) is 10.9 Å². The van der Waals surface area contributed by atoms with Gasteiger partial charge >= 0.3 is 0 Å². The summed E-state index contributed by atoms with van der Waals surface area (Å²) in [6.45, 7) is 5.70. The maximum absolute atomic E-state index is 12.8. The van der Waals surface area contributed by atoms with Gasteiger partial charge in [-0.1, -0.05) is 18.2 Å². The Morgan fingerprint density at radius 1 is 1.38 bits per heavy atom. The van der Waals surface area contributed by atoms with Gasteiger partial charge in [0.25, 0.3) is 5.91 Å². The van der Waals surface area contributed by atoms with Crippen molar-refractivity contribution < 1.29 is 9.53 Å². The summed E-state index contributed by atoms with van der Waals surface area (Å²) in [5.41, 5.74) is 6.87. The smallest absolute Gasteiger partial charge is 0.254 e. The number of nitrogen functional groups attached to an aromatic ring is 1. The molecule has 21 heavy (non-hydrogen) atoms. The number of ether oxygens (including phenoxy) is 1. The highest BCUT2D eigenvalue weighted by Crippen LogP contribution is 2.24. The number of amides is 1. The van der Waals surface area contributed by atoms with Gasteiger partial charge in [-0.15, -0.1) is 0 Å². The summed E-state index contributed by atoms with van der Waals surface area (Å²) in [7, 11) is 0. The molecule has 1 aliphatic heterocycles. The van der Waals surface area contributed by atoms with Crippen molar-refractivity contribution in [1.29, 1.82) is 0 Å². The van der Waals surface area contributed by atoms with Crippen LogP contribution in [0.3, 0.4) is 0 Å². The Hall–Kier alpha value is -2.14. The molecule has 1 aromatic heterocycles. The Kier molecular flexibility index (Phi) is 3.29. The van der Waals surface area contributed by atoms with E-state index in [9.17, 15) is 4.79 Å². The van der Waals surface area contributed by atoms with Gasteiger partial charge in [0, 0.05) is 18.5 Å². The third-order valence-electron chi connectivity index (χ3n) is 3.68. The maximum atomic E-state index is 12.8. The zero-order chi connectivity index (χ0) is 15.0. The molecule has 3 rings (SSSR count). The molecule has 5 nitrogen and oxygen atoms in total. The van der Waals surface area contributed by atoms with Crippen LogP contribution >= 0.6 is 0 Å². The van der Waals surface area contributed by atoms with Crippen molar-refractivity contribution in [2.75, 3.05) is 25.4 Å². The zero-order valence-corrected chi connectivity index (χ0v) is 12.3. The number of hydrogen-bond donors (Lipinski definition) is 1. The number of para-hydroxylation sites is 1. The van der Waals surface area contributed by atoms with E-state index in [0.29, 0.717) is 31.1 Å². The standard InChI is InChI=1S/C16H19N3O2/c1-16(2)10-19(7-8-21-16)15(20)12-9-14(17)18-13-6-4-3-5-11(12)13/h3-6,9H,7-8,10H2,1-2H3,(H2,17,18). The molecule has 2 aromatic rings. The lowest BCUT2D eigenvalue weighted by Gasteiger charge is -2.38. The number of pyridine rings is 1. The van der Waals surface area contributed by atoms with Crippen LogP contribution in [0.1, 0.15) is 24.2 Å². The Labute approximate surface area is 123 Å². The van der Waals surface area contributed by atoms with Crippen LogP contribution in [0, 0.1) is 0 Å². The summed E-state index contributed by atoms with van der Waals surface area (Å²) in [4.78, 5) is 18.9. The molecule has 2 heterocycles. The summed E-state index contributed by atoms with van der Waals surface area (Å²) < 4.78 is 5.66. The minimum absolute atomic E-state index is 0.0170. The molecule has 0 radical (unpaired) electrons. The molecule has 0 spiro atoms. The van der Waals surface area contributed by atoms with Crippen molar-refractivity contribution in [2.24, 2.45) is 0 Å². The van der Waals surface area contributed by atoms with Crippen LogP contribution in [0.15, 0.2) is 30.3 Å². The lowest BCUT2D eigenvalue weighted by molar-refractivity contribution is -0.0763. The number of nitrogens with zero attached hydrogens (tertiary/aromatic N) is 2. The largest absolute Gasteiger partial charge is 0.384 e. The molecule has 1 aromatic carbocycles. The Bertz CT molecular complexity index is 697. The minimum atomic E-state index is -0.317. The van der Waals surface area contributed by atoms with E-state index in [1.807, 2.05) is 43.0 Å². The van der Waals surface area contributed by atoms with Gasteiger partial charge in [0.05, 0.1) is 23.3 Å². The molecule has 1 aliphatic rings. The van der Waals surface area contributed by atoms with E-state index in [4.69, 9.17) is 10.5 Å². The average Bonchev–Trinajstić information content (AvgIpc) is 2.44. The second-order valence-electron chi connectivity index (χ2n) is 5.95. The minimum Gasteiger partial charge on any atom is -0.384 e. The normalized spacial score (nSPS) is 17.9. The second kappa shape index (κ2) is 5.00. The van der Waals surface area contributed by atoms with Gasteiger partial charge in [0.2, 0.25) is 0 Å². The van der Waals surface area contributed by atoms with Crippen molar-refractivity contribution in [3.63, 3.8) is 0 Å². The lowest BCUT2D eigenvalue weighted by atomic mass is 10.0. The first-order chi connectivity index (χ1) is 9.96. The van der Waals surface area contributed by atoms with E-state index < -0.39 is 0 Å². The van der Waals surface area contributed by atoms with Gasteiger partial charge in [-0.2, -0.15) is 0 Å². The first-order valence-electron chi connectivity index (χ1n) is 7.05. The van der Waals surface area contributed by atoms with Gasteiger partial charge in [-0.05, 0) is 26.0 Å². The molecule has 1 amide bonds. The quantitative estimate of drug-likeness (QED) is 0.871. The fraction of sp³-hybridized carbons (Fsp3) is 0.375. The molecule has 0 unspecified atom stereocenters. The van der Waals surface area contributed by atoms with Crippen LogP contribution in [-0.2, 0) is 4.74 Å². The van der Waals surface area contributed by atoms with Crippen molar-refractivity contribution in [1.82, 2.24) is 9.88 Å². The lowest BCUT2D eigenvalue weighted by Crippen LogP contribution is -2.50. The Balaban J connectivity index is 2.02. The van der Waals surface area contributed by atoms with E-state index in [1.54, 1.807) is 6.07 Å². The summed E-state index contributed by atoms with van der Waals surface area (Å²) in [6.07, 6.45) is 0. The zero-order valence-electron chi connectivity index (χ0n) is 12.3. The number of aromatic nitrogens is 1. The number of rotatable bonds is 1. The van der Waals surface area contributed by atoms with Crippen molar-refractivity contribution in [3.8, 4) is 0 Å². The fourth-order valence-corrected chi connectivity index (χ4v) is 2.73. The molecule has 5 heteroatoms. The molecule has 0 atom stereocenters. The van der Waals surface area contributed by atoms with Crippen LogP contribution in [-0.4, -0.2) is 41.1 Å². The summed E-state index contributed by atoms with van der Waals surface area (Å²) >= 11 is 0. The molecular weight excluding hydrogens is 266 g/mol. The number of morpholine rings is 1. The molecule has 110 valence electrons. The van der Waals surface area contributed by atoms with Gasteiger partial charge in [-0.3, -0.25) is 4.79 Å². The van der Waals surface area contributed by atoms with E-state index >= 15 is 0 Å². The first-order valence-corrected chi connectivity index (χ1v) is 7.05. The Morgan fingerprint density at radius 2 is 2.14 bits per heavy atom. The highest BCUT2D eigenvalue weighted by molar-refractivity contribution is 6.06. The van der Waals surface area contributed by atoms with E-state index in [1.165, 1.54) is 0 Å². The summed E-state index contributed by atoms with van der Waals surface area (Å²) in [5, 5.41) is 0.834. The molecule has 0 saturated carbocycles. The molecule has 0 aliphatic carbocycles. The number of carbonyl (C=O) groups is 1. The average molecular weight is 285 g/mol. The first kappa shape index (κ1) is 13.8. The summed E-state index contributed by atoms with van der Waals surface area (Å²) in [5.74, 6) is 0.348. The van der Waals surface area contributed by atoms with Crippen LogP contribution < -0.4 is 5.73 Å². The second-order valence-corrected chi connectivity index (χ2v) is 5.95.